The summed E-state index contributed by atoms with van der Waals surface area (Å²) in [4.78, 5) is 0. The predicted octanol–water partition coefficient (Wildman–Crippen LogP) is -15.0. The first kappa shape index (κ1) is 72.7. The standard InChI is InChI=1S/C25H44NO20.C19H34O16.Ac/c1-39-23-19(38)20(14(33)9(44-23)5-40-24-18(37)16(35)12(31)7(3-28)42-24)45-25-21(17(36)13(32)8(4-29)43-25)46-22-10(26)15(34)11(30)6(2-27)41-22;1-30-17-15(29)16(35-19-14(28)12(26)9(23)6(3-21)33-19)10(24)7(34-17)4-31-18-13(27)11(25)8(22)5(2-20)32-18;/h6-38H,2-5H2,1H3;5-29H,2-4H2,1H3;/q-1;;. The Morgan fingerprint density at radius 2 is 0.561 bits per heavy atom. The van der Waals surface area contributed by atoms with Crippen LogP contribution in [0, 0.1) is 44.1 Å². The fourth-order valence-electron chi connectivity index (χ4n) is 9.73. The van der Waals surface area contributed by atoms with Crippen molar-refractivity contribution in [2.45, 2.75) is 215 Å². The molecule has 1 radical (unpaired) electrons. The molecule has 7 saturated heterocycles. The van der Waals surface area contributed by atoms with E-state index in [1.807, 2.05) is 0 Å². The molecule has 35 atom stereocenters. The van der Waals surface area contributed by atoms with Crippen LogP contribution in [0.25, 0.3) is 5.73 Å². The van der Waals surface area contributed by atoms with Crippen LogP contribution in [-0.2, 0) is 66.3 Å². The van der Waals surface area contributed by atoms with Crippen LogP contribution in [0.3, 0.4) is 0 Å². The molecule has 0 bridgehead atoms. The van der Waals surface area contributed by atoms with Gasteiger partial charge in [-0.15, -0.1) is 0 Å². The van der Waals surface area contributed by atoms with Gasteiger partial charge in [-0.05, 0) is 0 Å². The Hall–Kier alpha value is -0.0384. The molecule has 23 N–H and O–H groups in total. The summed E-state index contributed by atoms with van der Waals surface area (Å²) in [6.45, 7) is -4.88. The minimum Gasteiger partial charge on any atom is -0.668 e. The Bertz CT molecular complexity index is 1850. The summed E-state index contributed by atoms with van der Waals surface area (Å²) < 4.78 is 75.8. The van der Waals surface area contributed by atoms with Gasteiger partial charge in [0.1, 0.15) is 165 Å². The summed E-state index contributed by atoms with van der Waals surface area (Å²) in [6, 6.07) is -1.69. The van der Waals surface area contributed by atoms with Gasteiger partial charge in [0.15, 0.2) is 37.7 Å². The van der Waals surface area contributed by atoms with Crippen molar-refractivity contribution < 1.29 is 223 Å². The SMILES string of the molecule is COC1OC(COC2OC(CO)C(O)C(O)C2O)C(O)C(OC2OC(CO)C(O)C(O)C2O)C1O.COC1OC(COC2OC(CO)C(O)C(O)C2O)C(O)C(OC2OC(CO)C(O)C(O)C2OC2OC(CO)C(O)C(O)C2[NH-])C1O.[Ac]. The zero-order valence-electron chi connectivity index (χ0n) is 43.8. The number of nitrogens with one attached hydrogen (secondary N) is 1. The first-order chi connectivity index (χ1) is 38.3. The van der Waals surface area contributed by atoms with Gasteiger partial charge in [-0.1, -0.05) is 6.04 Å². The van der Waals surface area contributed by atoms with Gasteiger partial charge in [-0.25, -0.2) is 0 Å². The summed E-state index contributed by atoms with van der Waals surface area (Å²) in [5, 5.41) is 223. The molecule has 7 fully saturated rings. The molecule has 7 heterocycles. The molecule has 0 aliphatic carbocycles. The van der Waals surface area contributed by atoms with Gasteiger partial charge in [0, 0.05) is 58.3 Å². The molecule has 7 aliphatic rings. The summed E-state index contributed by atoms with van der Waals surface area (Å²) in [6.07, 6.45) is -55.1. The zero-order chi connectivity index (χ0) is 60.1. The molecule has 82 heavy (non-hydrogen) atoms. The molecule has 479 valence electrons. The van der Waals surface area contributed by atoms with Gasteiger partial charge in [0.05, 0.1) is 52.4 Å². The fourth-order valence-corrected chi connectivity index (χ4v) is 9.73. The molecular weight excluding hydrogens is 1350 g/mol. The first-order valence-electron chi connectivity index (χ1n) is 25.5. The van der Waals surface area contributed by atoms with E-state index in [0.29, 0.717) is 0 Å². The zero-order valence-corrected chi connectivity index (χ0v) is 48.5. The van der Waals surface area contributed by atoms with Gasteiger partial charge in [-0.3, -0.25) is 0 Å². The second kappa shape index (κ2) is 32.6. The van der Waals surface area contributed by atoms with Crippen LogP contribution in [0.15, 0.2) is 0 Å². The average Bonchev–Trinajstić information content (AvgIpc) is 3.46. The maximum atomic E-state index is 11.2. The van der Waals surface area contributed by atoms with E-state index in [1.165, 1.54) is 7.11 Å². The molecule has 0 spiro atoms. The number of aliphatic hydroxyl groups excluding tert-OH is 22. The third-order valence-corrected chi connectivity index (χ3v) is 14.7. The van der Waals surface area contributed by atoms with Crippen molar-refractivity contribution in [1.29, 1.82) is 0 Å². The molecule has 0 saturated carbocycles. The van der Waals surface area contributed by atoms with Crippen molar-refractivity contribution in [2.75, 3.05) is 60.5 Å². The normalized spacial score (nSPS) is 51.1. The molecular formula is C44H78AcNO36-. The molecule has 0 aromatic carbocycles. The van der Waals surface area contributed by atoms with Crippen LogP contribution in [0.5, 0.6) is 0 Å². The summed E-state index contributed by atoms with van der Waals surface area (Å²) >= 11 is 0. The molecule has 0 amide bonds. The van der Waals surface area contributed by atoms with E-state index in [9.17, 15) is 112 Å². The van der Waals surface area contributed by atoms with Crippen LogP contribution in [0.2, 0.25) is 0 Å². The molecule has 38 heteroatoms. The van der Waals surface area contributed by atoms with Crippen molar-refractivity contribution in [3.63, 3.8) is 0 Å². The summed E-state index contributed by atoms with van der Waals surface area (Å²) in [7, 11) is 2.33. The molecule has 0 aromatic heterocycles. The van der Waals surface area contributed by atoms with Gasteiger partial charge in [0.25, 0.3) is 0 Å². The van der Waals surface area contributed by atoms with Gasteiger partial charge >= 0.3 is 0 Å². The Morgan fingerprint density at radius 3 is 0.927 bits per heavy atom. The van der Waals surface area contributed by atoms with E-state index < -0.39 is 261 Å². The topological polar surface area (TPSA) is 598 Å². The van der Waals surface area contributed by atoms with Crippen molar-refractivity contribution in [3.05, 3.63) is 5.73 Å². The third kappa shape index (κ3) is 16.1. The van der Waals surface area contributed by atoms with E-state index in [0.717, 1.165) is 7.11 Å². The minimum atomic E-state index is -1.92. The maximum Gasteiger partial charge on any atom is 0.187 e. The van der Waals surface area contributed by atoms with E-state index in [1.54, 1.807) is 0 Å². The molecule has 7 aliphatic heterocycles. The van der Waals surface area contributed by atoms with Crippen molar-refractivity contribution in [3.8, 4) is 0 Å². The van der Waals surface area contributed by atoms with Crippen LogP contribution >= 0.6 is 0 Å². The predicted molar refractivity (Wildman–Crippen MR) is 247 cm³/mol. The largest absolute Gasteiger partial charge is 0.668 e. The Kier molecular flexibility index (Phi) is 28.9. The van der Waals surface area contributed by atoms with Crippen LogP contribution in [-0.4, -0.2) is 388 Å². The molecule has 0 aromatic rings. The van der Waals surface area contributed by atoms with Crippen molar-refractivity contribution >= 4 is 0 Å². The molecule has 37 nitrogen and oxygen atoms in total. The van der Waals surface area contributed by atoms with Crippen LogP contribution in [0.1, 0.15) is 0 Å². The van der Waals surface area contributed by atoms with Crippen LogP contribution < -0.4 is 0 Å². The average molecular weight is 1420 g/mol. The molecule has 7 rings (SSSR count). The number of hydrogen-bond acceptors (Lipinski definition) is 36. The summed E-state index contributed by atoms with van der Waals surface area (Å²) in [5.41, 5.74) is 8.19. The Balaban J connectivity index is 0.000000308. The van der Waals surface area contributed by atoms with E-state index in [-0.39, 0.29) is 44.1 Å². The van der Waals surface area contributed by atoms with Crippen molar-refractivity contribution in [1.82, 2.24) is 0 Å². The van der Waals surface area contributed by atoms with Crippen molar-refractivity contribution in [2.24, 2.45) is 0 Å². The third-order valence-electron chi connectivity index (χ3n) is 14.7. The Labute approximate surface area is 501 Å². The second-order valence-corrected chi connectivity index (χ2v) is 20.0. The number of ether oxygens (including phenoxy) is 14. The van der Waals surface area contributed by atoms with Crippen LogP contribution in [0.4, 0.5) is 0 Å². The maximum absolute atomic E-state index is 11.2. The van der Waals surface area contributed by atoms with Gasteiger partial charge in [-0.2, -0.15) is 0 Å². The number of hydrogen-bond donors (Lipinski definition) is 22. The quantitative estimate of drug-likeness (QED) is 0.0571. The molecule has 35 unspecified atom stereocenters. The first-order valence-corrected chi connectivity index (χ1v) is 25.5. The Morgan fingerprint density at radius 1 is 0.280 bits per heavy atom. The number of rotatable bonds is 19. The monoisotopic (exact) mass is 1420 g/mol. The van der Waals surface area contributed by atoms with Gasteiger partial charge < -0.3 is 184 Å². The summed E-state index contributed by atoms with van der Waals surface area (Å²) in [5.74, 6) is 0. The van der Waals surface area contributed by atoms with Gasteiger partial charge in [0.2, 0.25) is 0 Å². The number of aliphatic hydroxyl groups is 22. The fraction of sp³-hybridized carbons (Fsp3) is 1.00. The van der Waals surface area contributed by atoms with E-state index >= 15 is 0 Å². The minimum absolute atomic E-state index is 0. The smallest absolute Gasteiger partial charge is 0.187 e. The number of methoxy groups -OCH3 is 2. The van der Waals surface area contributed by atoms with E-state index in [4.69, 9.17) is 72.0 Å². The van der Waals surface area contributed by atoms with E-state index in [2.05, 4.69) is 0 Å². The second-order valence-electron chi connectivity index (χ2n) is 20.0.